The molecule has 1 aliphatic carbocycles. The summed E-state index contributed by atoms with van der Waals surface area (Å²) in [6.45, 7) is 0. The molecule has 1 saturated heterocycles. The number of benzene rings is 1. The van der Waals surface area contributed by atoms with Crippen molar-refractivity contribution in [2.45, 2.75) is 31.0 Å². The van der Waals surface area contributed by atoms with Crippen LogP contribution in [0.2, 0.25) is 0 Å². The number of Topliss-reactive ketones (excluding diaryl/α,β-unsaturated/α-hetero) is 1. The van der Waals surface area contributed by atoms with Crippen molar-refractivity contribution in [1.82, 2.24) is 0 Å². The minimum atomic E-state index is -0.113. The SMILES string of the molecule is O=C1CCC2(Cc3ccccc3)OC12. The second kappa shape index (κ2) is 2.67. The Balaban J connectivity index is 1.78. The van der Waals surface area contributed by atoms with Gasteiger partial charge in [-0.2, -0.15) is 0 Å². The van der Waals surface area contributed by atoms with E-state index in [1.165, 1.54) is 5.56 Å². The topological polar surface area (TPSA) is 29.6 Å². The fraction of sp³-hybridized carbons (Fsp3) is 0.417. The number of ketones is 1. The van der Waals surface area contributed by atoms with Crippen molar-refractivity contribution in [2.24, 2.45) is 0 Å². The van der Waals surface area contributed by atoms with E-state index in [2.05, 4.69) is 12.1 Å². The number of ether oxygens (including phenoxy) is 1. The van der Waals surface area contributed by atoms with Crippen LogP contribution < -0.4 is 0 Å². The average Bonchev–Trinajstić information content (AvgIpc) is 2.84. The van der Waals surface area contributed by atoms with Gasteiger partial charge in [0.2, 0.25) is 0 Å². The molecular weight excluding hydrogens is 176 g/mol. The van der Waals surface area contributed by atoms with E-state index in [-0.39, 0.29) is 11.7 Å². The zero-order valence-electron chi connectivity index (χ0n) is 7.90. The predicted octanol–water partition coefficient (Wildman–Crippen LogP) is 1.73. The Bertz CT molecular complexity index is 371. The first kappa shape index (κ1) is 8.18. The maximum absolute atomic E-state index is 11.3. The van der Waals surface area contributed by atoms with Crippen molar-refractivity contribution in [1.29, 1.82) is 0 Å². The van der Waals surface area contributed by atoms with Crippen LogP contribution in [0.3, 0.4) is 0 Å². The summed E-state index contributed by atoms with van der Waals surface area (Å²) in [4.78, 5) is 11.3. The van der Waals surface area contributed by atoms with Crippen LogP contribution >= 0.6 is 0 Å². The molecule has 1 aromatic rings. The van der Waals surface area contributed by atoms with Gasteiger partial charge in [0.15, 0.2) is 5.78 Å². The Hall–Kier alpha value is -1.15. The van der Waals surface area contributed by atoms with Crippen LogP contribution in [0.1, 0.15) is 18.4 Å². The van der Waals surface area contributed by atoms with Crippen LogP contribution in [0, 0.1) is 0 Å². The molecule has 1 saturated carbocycles. The monoisotopic (exact) mass is 188 g/mol. The van der Waals surface area contributed by atoms with Crippen molar-refractivity contribution in [2.75, 3.05) is 0 Å². The molecule has 2 atom stereocenters. The molecule has 2 aliphatic rings. The van der Waals surface area contributed by atoms with Gasteiger partial charge in [0.1, 0.15) is 11.7 Å². The number of hydrogen-bond donors (Lipinski definition) is 0. The summed E-state index contributed by atoms with van der Waals surface area (Å²) < 4.78 is 5.51. The Morgan fingerprint density at radius 2 is 2.14 bits per heavy atom. The number of rotatable bonds is 2. The zero-order valence-corrected chi connectivity index (χ0v) is 7.90. The van der Waals surface area contributed by atoms with Gasteiger partial charge >= 0.3 is 0 Å². The molecule has 72 valence electrons. The van der Waals surface area contributed by atoms with E-state index in [0.717, 1.165) is 12.8 Å². The molecule has 0 radical (unpaired) electrons. The summed E-state index contributed by atoms with van der Waals surface area (Å²) in [6.07, 6.45) is 2.43. The normalized spacial score (nSPS) is 34.3. The first-order valence-electron chi connectivity index (χ1n) is 5.05. The fourth-order valence-electron chi connectivity index (χ4n) is 2.38. The standard InChI is InChI=1S/C12H12O2/c13-10-6-7-12(11(10)14-12)8-9-4-2-1-3-5-9/h1-5,11H,6-8H2. The Kier molecular flexibility index (Phi) is 1.56. The third-order valence-corrected chi connectivity index (χ3v) is 3.21. The minimum absolute atomic E-state index is 0.0808. The lowest BCUT2D eigenvalue weighted by Crippen LogP contribution is -2.14. The van der Waals surface area contributed by atoms with Gasteiger partial charge in [0, 0.05) is 12.8 Å². The molecule has 1 aromatic carbocycles. The molecule has 1 aliphatic heterocycles. The lowest BCUT2D eigenvalue weighted by atomic mass is 9.97. The number of carbonyl (C=O) groups excluding carboxylic acids is 1. The van der Waals surface area contributed by atoms with E-state index in [9.17, 15) is 4.79 Å². The Morgan fingerprint density at radius 3 is 2.71 bits per heavy atom. The number of hydrogen-bond acceptors (Lipinski definition) is 2. The number of epoxide rings is 1. The molecule has 2 fully saturated rings. The third kappa shape index (κ3) is 1.11. The summed E-state index contributed by atoms with van der Waals surface area (Å²) in [5, 5.41) is 0. The molecule has 2 unspecified atom stereocenters. The first-order chi connectivity index (χ1) is 6.80. The van der Waals surface area contributed by atoms with Crippen molar-refractivity contribution in [3.8, 4) is 0 Å². The second-order valence-corrected chi connectivity index (χ2v) is 4.19. The van der Waals surface area contributed by atoms with E-state index in [1.54, 1.807) is 0 Å². The molecule has 1 heterocycles. The summed E-state index contributed by atoms with van der Waals surface area (Å²) in [5.41, 5.74) is 1.16. The highest BCUT2D eigenvalue weighted by Gasteiger charge is 2.63. The Labute approximate surface area is 82.9 Å². The van der Waals surface area contributed by atoms with E-state index >= 15 is 0 Å². The van der Waals surface area contributed by atoms with Gasteiger partial charge in [0.25, 0.3) is 0 Å². The van der Waals surface area contributed by atoms with Gasteiger partial charge < -0.3 is 4.74 Å². The summed E-state index contributed by atoms with van der Waals surface area (Å²) >= 11 is 0. The van der Waals surface area contributed by atoms with E-state index in [4.69, 9.17) is 4.74 Å². The van der Waals surface area contributed by atoms with Gasteiger partial charge in [0.05, 0.1) is 0 Å². The maximum Gasteiger partial charge on any atom is 0.164 e. The number of fused-ring (bicyclic) bond motifs is 1. The van der Waals surface area contributed by atoms with Crippen LogP contribution in [0.15, 0.2) is 30.3 Å². The molecule has 2 nitrogen and oxygen atoms in total. The zero-order chi connectivity index (χ0) is 9.60. The molecule has 0 amide bonds. The summed E-state index contributed by atoms with van der Waals surface area (Å²) in [7, 11) is 0. The quantitative estimate of drug-likeness (QED) is 0.661. The first-order valence-corrected chi connectivity index (χ1v) is 5.05. The van der Waals surface area contributed by atoms with E-state index in [1.807, 2.05) is 18.2 Å². The van der Waals surface area contributed by atoms with Crippen molar-refractivity contribution < 1.29 is 9.53 Å². The second-order valence-electron chi connectivity index (χ2n) is 4.19. The molecule has 14 heavy (non-hydrogen) atoms. The van der Waals surface area contributed by atoms with Gasteiger partial charge in [-0.15, -0.1) is 0 Å². The number of carbonyl (C=O) groups is 1. The molecule has 0 spiro atoms. The smallest absolute Gasteiger partial charge is 0.164 e. The van der Waals surface area contributed by atoms with Crippen molar-refractivity contribution in [3.63, 3.8) is 0 Å². The lowest BCUT2D eigenvalue weighted by Gasteiger charge is -2.06. The summed E-state index contributed by atoms with van der Waals surface area (Å²) in [5.74, 6) is 0.293. The molecule has 0 aromatic heterocycles. The van der Waals surface area contributed by atoms with Gasteiger partial charge in [-0.25, -0.2) is 0 Å². The molecule has 3 rings (SSSR count). The molecule has 0 N–H and O–H groups in total. The minimum Gasteiger partial charge on any atom is -0.357 e. The highest BCUT2D eigenvalue weighted by Crippen LogP contribution is 2.49. The Morgan fingerprint density at radius 1 is 1.36 bits per heavy atom. The van der Waals surface area contributed by atoms with Crippen LogP contribution in [0.25, 0.3) is 0 Å². The fourth-order valence-corrected chi connectivity index (χ4v) is 2.38. The van der Waals surface area contributed by atoms with Crippen LogP contribution in [-0.2, 0) is 16.0 Å². The van der Waals surface area contributed by atoms with Crippen molar-refractivity contribution >= 4 is 5.78 Å². The molecule has 0 bridgehead atoms. The van der Waals surface area contributed by atoms with Gasteiger partial charge in [-0.05, 0) is 12.0 Å². The van der Waals surface area contributed by atoms with Crippen LogP contribution in [0.5, 0.6) is 0 Å². The molecular formula is C12H12O2. The molecule has 2 heteroatoms. The van der Waals surface area contributed by atoms with E-state index in [0.29, 0.717) is 12.2 Å². The van der Waals surface area contributed by atoms with Crippen LogP contribution in [0.4, 0.5) is 0 Å². The average molecular weight is 188 g/mol. The van der Waals surface area contributed by atoms with Crippen LogP contribution in [-0.4, -0.2) is 17.5 Å². The van der Waals surface area contributed by atoms with E-state index < -0.39 is 0 Å². The largest absolute Gasteiger partial charge is 0.357 e. The maximum atomic E-state index is 11.3. The lowest BCUT2D eigenvalue weighted by molar-refractivity contribution is -0.120. The highest BCUT2D eigenvalue weighted by molar-refractivity contribution is 5.90. The van der Waals surface area contributed by atoms with Gasteiger partial charge in [-0.3, -0.25) is 4.79 Å². The van der Waals surface area contributed by atoms with Gasteiger partial charge in [-0.1, -0.05) is 30.3 Å². The third-order valence-electron chi connectivity index (χ3n) is 3.21. The summed E-state index contributed by atoms with van der Waals surface area (Å²) in [6, 6.07) is 10.2. The van der Waals surface area contributed by atoms with Crippen molar-refractivity contribution in [3.05, 3.63) is 35.9 Å². The predicted molar refractivity (Wildman–Crippen MR) is 52.0 cm³/mol. The highest BCUT2D eigenvalue weighted by atomic mass is 16.6.